The number of hydrogen-bond donors (Lipinski definition) is 1. The van der Waals surface area contributed by atoms with E-state index in [0.717, 1.165) is 19.6 Å². The van der Waals surface area contributed by atoms with Crippen LogP contribution in [0.1, 0.15) is 19.4 Å². The Hall–Kier alpha value is -1.66. The lowest BCUT2D eigenvalue weighted by atomic mass is 10.1. The van der Waals surface area contributed by atoms with Gasteiger partial charge < -0.3 is 10.0 Å². The van der Waals surface area contributed by atoms with Crippen molar-refractivity contribution in [3.63, 3.8) is 0 Å². The molecule has 0 spiro atoms. The highest BCUT2D eigenvalue weighted by molar-refractivity contribution is 7.07. The van der Waals surface area contributed by atoms with Gasteiger partial charge in [-0.3, -0.25) is 9.69 Å². The van der Waals surface area contributed by atoms with Crippen molar-refractivity contribution in [2.75, 3.05) is 26.2 Å². The summed E-state index contributed by atoms with van der Waals surface area (Å²) in [7, 11) is 0. The van der Waals surface area contributed by atoms with E-state index in [4.69, 9.17) is 5.11 Å². The fraction of sp³-hybridized carbons (Fsp3) is 0.467. The fourth-order valence-corrected chi connectivity index (χ4v) is 2.97. The molecule has 1 aliphatic heterocycles. The number of carbonyl (C=O) groups excluding carboxylic acids is 1. The number of piperazine rings is 1. The summed E-state index contributed by atoms with van der Waals surface area (Å²) in [5, 5.41) is 13.2. The Labute approximate surface area is 128 Å². The molecule has 114 valence electrons. The Morgan fingerprint density at radius 2 is 1.86 bits per heavy atom. The van der Waals surface area contributed by atoms with E-state index in [2.05, 4.69) is 21.7 Å². The van der Waals surface area contributed by atoms with Gasteiger partial charge in [-0.05, 0) is 36.2 Å². The first-order valence-electron chi connectivity index (χ1n) is 6.92. The largest absolute Gasteiger partial charge is 0.478 e. The smallest absolute Gasteiger partial charge is 0.331 e. The van der Waals surface area contributed by atoms with Gasteiger partial charge in [0.15, 0.2) is 0 Å². The van der Waals surface area contributed by atoms with Gasteiger partial charge in [0.05, 0.1) is 0 Å². The molecule has 0 unspecified atom stereocenters. The molecule has 0 saturated carbocycles. The molecule has 0 radical (unpaired) electrons. The molecular formula is C15H20N2O3S. The molecule has 1 aliphatic rings. The van der Waals surface area contributed by atoms with Crippen LogP contribution in [-0.4, -0.2) is 53.0 Å². The normalized spacial score (nSPS) is 17.5. The zero-order valence-electron chi connectivity index (χ0n) is 12.3. The summed E-state index contributed by atoms with van der Waals surface area (Å²) < 4.78 is 0. The molecule has 0 bridgehead atoms. The van der Waals surface area contributed by atoms with Crippen molar-refractivity contribution in [3.05, 3.63) is 33.5 Å². The van der Waals surface area contributed by atoms with E-state index in [9.17, 15) is 9.59 Å². The van der Waals surface area contributed by atoms with Crippen LogP contribution in [-0.2, 0) is 16.1 Å². The van der Waals surface area contributed by atoms with Crippen LogP contribution in [0.15, 0.2) is 28.0 Å². The van der Waals surface area contributed by atoms with Gasteiger partial charge in [0.25, 0.3) is 0 Å². The van der Waals surface area contributed by atoms with E-state index in [1.807, 2.05) is 0 Å². The van der Waals surface area contributed by atoms with Gasteiger partial charge >= 0.3 is 5.97 Å². The molecule has 2 rings (SSSR count). The van der Waals surface area contributed by atoms with Crippen molar-refractivity contribution < 1.29 is 14.7 Å². The summed E-state index contributed by atoms with van der Waals surface area (Å²) in [6, 6.07) is 2.12. The van der Waals surface area contributed by atoms with E-state index in [1.165, 1.54) is 12.5 Å². The molecule has 1 aromatic rings. The number of rotatable bonds is 4. The molecule has 0 aliphatic carbocycles. The van der Waals surface area contributed by atoms with Crippen molar-refractivity contribution in [1.82, 2.24) is 9.80 Å². The Kier molecular flexibility index (Phi) is 5.14. The monoisotopic (exact) mass is 308 g/mol. The van der Waals surface area contributed by atoms with Crippen LogP contribution in [0.4, 0.5) is 0 Å². The standard InChI is InChI=1S/C15H20N2O3S/c1-11(12(2)15(19)20)14(18)17-6-4-16(5-7-17)9-13-3-8-21-10-13/h3,8,10H,4-7,9H2,1-2H3,(H,19,20). The van der Waals surface area contributed by atoms with Crippen molar-refractivity contribution in [3.8, 4) is 0 Å². The Morgan fingerprint density at radius 1 is 1.19 bits per heavy atom. The SMILES string of the molecule is CC(C(=O)O)=C(C)C(=O)N1CCN(Cc2ccsc2)CC1. The third-order valence-electron chi connectivity index (χ3n) is 3.85. The van der Waals surface area contributed by atoms with E-state index in [-0.39, 0.29) is 11.5 Å². The highest BCUT2D eigenvalue weighted by Crippen LogP contribution is 2.14. The van der Waals surface area contributed by atoms with E-state index < -0.39 is 5.97 Å². The summed E-state index contributed by atoms with van der Waals surface area (Å²) in [6.45, 7) is 6.91. The maximum Gasteiger partial charge on any atom is 0.331 e. The van der Waals surface area contributed by atoms with Crippen molar-refractivity contribution in [1.29, 1.82) is 0 Å². The summed E-state index contributed by atoms with van der Waals surface area (Å²) in [6.07, 6.45) is 0. The number of carboxylic acid groups (broad SMARTS) is 1. The lowest BCUT2D eigenvalue weighted by molar-refractivity contribution is -0.134. The number of aliphatic carboxylic acids is 1. The molecule has 1 N–H and O–H groups in total. The molecule has 2 heterocycles. The van der Waals surface area contributed by atoms with Gasteiger partial charge in [-0.1, -0.05) is 0 Å². The number of nitrogens with zero attached hydrogens (tertiary/aromatic N) is 2. The van der Waals surface area contributed by atoms with Gasteiger partial charge in [0, 0.05) is 43.9 Å². The van der Waals surface area contributed by atoms with Gasteiger partial charge in [0.1, 0.15) is 0 Å². The molecule has 1 saturated heterocycles. The van der Waals surface area contributed by atoms with Crippen LogP contribution in [0, 0.1) is 0 Å². The van der Waals surface area contributed by atoms with E-state index in [0.29, 0.717) is 18.7 Å². The number of carbonyl (C=O) groups is 2. The molecule has 1 amide bonds. The third-order valence-corrected chi connectivity index (χ3v) is 4.58. The topological polar surface area (TPSA) is 60.9 Å². The highest BCUT2D eigenvalue weighted by atomic mass is 32.1. The number of hydrogen-bond acceptors (Lipinski definition) is 4. The molecule has 0 atom stereocenters. The van der Waals surface area contributed by atoms with Gasteiger partial charge in [0.2, 0.25) is 5.91 Å². The average molecular weight is 308 g/mol. The van der Waals surface area contributed by atoms with Crippen LogP contribution in [0.25, 0.3) is 0 Å². The van der Waals surface area contributed by atoms with Crippen LogP contribution >= 0.6 is 11.3 Å². The molecule has 6 heteroatoms. The minimum atomic E-state index is -1.03. The zero-order chi connectivity index (χ0) is 15.4. The van der Waals surface area contributed by atoms with Crippen LogP contribution in [0.3, 0.4) is 0 Å². The van der Waals surface area contributed by atoms with Gasteiger partial charge in [-0.15, -0.1) is 0 Å². The Balaban J connectivity index is 1.90. The van der Waals surface area contributed by atoms with Crippen molar-refractivity contribution >= 4 is 23.2 Å². The van der Waals surface area contributed by atoms with Crippen molar-refractivity contribution in [2.24, 2.45) is 0 Å². The van der Waals surface area contributed by atoms with Crippen LogP contribution in [0.2, 0.25) is 0 Å². The quantitative estimate of drug-likeness (QED) is 0.862. The third kappa shape index (κ3) is 3.92. The summed E-state index contributed by atoms with van der Waals surface area (Å²) in [4.78, 5) is 27.2. The second-order valence-corrected chi connectivity index (χ2v) is 6.04. The van der Waals surface area contributed by atoms with E-state index in [1.54, 1.807) is 23.2 Å². The second kappa shape index (κ2) is 6.87. The minimum Gasteiger partial charge on any atom is -0.478 e. The second-order valence-electron chi connectivity index (χ2n) is 5.26. The lowest BCUT2D eigenvalue weighted by Crippen LogP contribution is -2.48. The first-order chi connectivity index (χ1) is 9.99. The first-order valence-corrected chi connectivity index (χ1v) is 7.87. The fourth-order valence-electron chi connectivity index (χ4n) is 2.31. The van der Waals surface area contributed by atoms with E-state index >= 15 is 0 Å². The Bertz CT molecular complexity index is 543. The zero-order valence-corrected chi connectivity index (χ0v) is 13.2. The predicted octanol–water partition coefficient (Wildman–Crippen LogP) is 1.81. The lowest BCUT2D eigenvalue weighted by Gasteiger charge is -2.34. The molecule has 21 heavy (non-hydrogen) atoms. The summed E-state index contributed by atoms with van der Waals surface area (Å²) in [5.41, 5.74) is 1.76. The number of thiophene rings is 1. The van der Waals surface area contributed by atoms with Crippen LogP contribution in [0.5, 0.6) is 0 Å². The van der Waals surface area contributed by atoms with Gasteiger partial charge in [-0.2, -0.15) is 11.3 Å². The first kappa shape index (κ1) is 15.7. The molecule has 1 fully saturated rings. The van der Waals surface area contributed by atoms with Crippen LogP contribution < -0.4 is 0 Å². The predicted molar refractivity (Wildman–Crippen MR) is 82.2 cm³/mol. The molecule has 0 aromatic carbocycles. The van der Waals surface area contributed by atoms with Gasteiger partial charge in [-0.25, -0.2) is 4.79 Å². The highest BCUT2D eigenvalue weighted by Gasteiger charge is 2.23. The summed E-state index contributed by atoms with van der Waals surface area (Å²) >= 11 is 1.69. The maximum absolute atomic E-state index is 12.3. The summed E-state index contributed by atoms with van der Waals surface area (Å²) in [5.74, 6) is -1.19. The molecular weight excluding hydrogens is 288 g/mol. The van der Waals surface area contributed by atoms with Crippen molar-refractivity contribution in [2.45, 2.75) is 20.4 Å². The maximum atomic E-state index is 12.3. The minimum absolute atomic E-state index is 0.126. The molecule has 1 aromatic heterocycles. The average Bonchev–Trinajstić information content (AvgIpc) is 2.98. The Morgan fingerprint density at radius 3 is 2.38 bits per heavy atom. The number of amides is 1. The number of carboxylic acids is 1. The molecule has 5 nitrogen and oxygen atoms in total.